The Morgan fingerprint density at radius 1 is 1.27 bits per heavy atom. The van der Waals surface area contributed by atoms with Gasteiger partial charge in [-0.3, -0.25) is 9.59 Å². The van der Waals surface area contributed by atoms with Crippen LogP contribution in [0.25, 0.3) is 0 Å². The molecule has 0 saturated carbocycles. The van der Waals surface area contributed by atoms with Crippen molar-refractivity contribution in [1.82, 2.24) is 4.90 Å². The van der Waals surface area contributed by atoms with E-state index < -0.39 is 11.5 Å². The van der Waals surface area contributed by atoms with Gasteiger partial charge >= 0.3 is 0 Å². The minimum atomic E-state index is -1.49. The molecule has 0 aliphatic carbocycles. The Hall–Kier alpha value is -2.04. The number of carbonyl (C=O) groups is 2. The molecule has 0 radical (unpaired) electrons. The molecule has 0 spiro atoms. The van der Waals surface area contributed by atoms with Crippen LogP contribution in [0.3, 0.4) is 0 Å². The zero-order valence-electron chi connectivity index (χ0n) is 13.3. The van der Waals surface area contributed by atoms with Gasteiger partial charge in [-0.05, 0) is 37.3 Å². The van der Waals surface area contributed by atoms with Crippen molar-refractivity contribution in [2.45, 2.75) is 32.8 Å². The standard InChI is InChI=1S/C17H22N2O3/c1-11-8-12(2)10-19(9-11)16(21)17(3)15(20)18-13-6-4-5-7-14(13)22-17/h4-7,11-12H,8-10H2,1-3H3,(H,18,20). The van der Waals surface area contributed by atoms with Gasteiger partial charge in [-0.2, -0.15) is 0 Å². The first-order valence-electron chi connectivity index (χ1n) is 7.79. The van der Waals surface area contributed by atoms with E-state index in [1.165, 1.54) is 0 Å². The largest absolute Gasteiger partial charge is 0.466 e. The zero-order valence-corrected chi connectivity index (χ0v) is 13.3. The fourth-order valence-corrected chi connectivity index (χ4v) is 3.44. The van der Waals surface area contributed by atoms with E-state index in [1.54, 1.807) is 24.0 Å². The summed E-state index contributed by atoms with van der Waals surface area (Å²) in [4.78, 5) is 27.1. The number of nitrogens with one attached hydrogen (secondary N) is 1. The molecule has 118 valence electrons. The van der Waals surface area contributed by atoms with Gasteiger partial charge in [0.1, 0.15) is 5.75 Å². The number of carbonyl (C=O) groups excluding carboxylic acids is 2. The normalized spacial score (nSPS) is 31.0. The molecule has 22 heavy (non-hydrogen) atoms. The first kappa shape index (κ1) is 14.9. The third-order valence-corrected chi connectivity index (χ3v) is 4.45. The Balaban J connectivity index is 1.86. The van der Waals surface area contributed by atoms with E-state index in [1.807, 2.05) is 12.1 Å². The summed E-state index contributed by atoms with van der Waals surface area (Å²) >= 11 is 0. The highest BCUT2D eigenvalue weighted by atomic mass is 16.5. The van der Waals surface area contributed by atoms with Crippen molar-refractivity contribution in [2.75, 3.05) is 18.4 Å². The van der Waals surface area contributed by atoms with Gasteiger partial charge in [-0.15, -0.1) is 0 Å². The SMILES string of the molecule is CC1CC(C)CN(C(=O)C2(C)Oc3ccccc3NC2=O)C1. The molecule has 2 aliphatic rings. The van der Waals surface area contributed by atoms with Crippen LogP contribution >= 0.6 is 0 Å². The number of benzene rings is 1. The molecular weight excluding hydrogens is 280 g/mol. The topological polar surface area (TPSA) is 58.6 Å². The van der Waals surface area contributed by atoms with Crippen molar-refractivity contribution in [3.8, 4) is 5.75 Å². The summed E-state index contributed by atoms with van der Waals surface area (Å²) in [6, 6.07) is 7.18. The number of fused-ring (bicyclic) bond motifs is 1. The number of nitrogens with zero attached hydrogens (tertiary/aromatic N) is 1. The number of amides is 2. The molecule has 1 saturated heterocycles. The molecule has 3 unspecified atom stereocenters. The Bertz CT molecular complexity index is 606. The van der Waals surface area contributed by atoms with E-state index >= 15 is 0 Å². The molecule has 2 heterocycles. The molecule has 3 atom stereocenters. The third-order valence-electron chi connectivity index (χ3n) is 4.45. The number of para-hydroxylation sites is 2. The highest BCUT2D eigenvalue weighted by molar-refractivity contribution is 6.15. The minimum absolute atomic E-state index is 0.252. The quantitative estimate of drug-likeness (QED) is 0.810. The Morgan fingerprint density at radius 2 is 1.91 bits per heavy atom. The average molecular weight is 302 g/mol. The van der Waals surface area contributed by atoms with Crippen LogP contribution in [0.2, 0.25) is 0 Å². The van der Waals surface area contributed by atoms with Crippen LogP contribution in [0.5, 0.6) is 5.75 Å². The summed E-state index contributed by atoms with van der Waals surface area (Å²) in [6.45, 7) is 7.18. The van der Waals surface area contributed by atoms with Gasteiger partial charge in [0.05, 0.1) is 5.69 Å². The predicted molar refractivity (Wildman–Crippen MR) is 83.6 cm³/mol. The van der Waals surface area contributed by atoms with Crippen LogP contribution in [0, 0.1) is 11.8 Å². The molecule has 3 rings (SSSR count). The molecule has 2 amide bonds. The molecule has 1 fully saturated rings. The van der Waals surface area contributed by atoms with Crippen LogP contribution in [0.4, 0.5) is 5.69 Å². The van der Waals surface area contributed by atoms with E-state index in [0.717, 1.165) is 6.42 Å². The summed E-state index contributed by atoms with van der Waals surface area (Å²) in [5.41, 5.74) is -0.886. The van der Waals surface area contributed by atoms with Crippen molar-refractivity contribution in [3.63, 3.8) is 0 Å². The first-order valence-corrected chi connectivity index (χ1v) is 7.79. The molecule has 1 aromatic rings. The van der Waals surface area contributed by atoms with E-state index in [-0.39, 0.29) is 5.91 Å². The third kappa shape index (κ3) is 2.45. The van der Waals surface area contributed by atoms with Crippen molar-refractivity contribution >= 4 is 17.5 Å². The summed E-state index contributed by atoms with van der Waals surface area (Å²) in [5, 5.41) is 2.78. The second-order valence-corrected chi connectivity index (χ2v) is 6.74. The number of hydrogen-bond donors (Lipinski definition) is 1. The van der Waals surface area contributed by atoms with Crippen molar-refractivity contribution in [3.05, 3.63) is 24.3 Å². The van der Waals surface area contributed by atoms with Crippen LogP contribution in [-0.4, -0.2) is 35.4 Å². The van der Waals surface area contributed by atoms with Gasteiger partial charge in [-0.1, -0.05) is 26.0 Å². The van der Waals surface area contributed by atoms with Crippen LogP contribution in [0.1, 0.15) is 27.2 Å². The van der Waals surface area contributed by atoms with Gasteiger partial charge in [0.25, 0.3) is 17.4 Å². The van der Waals surface area contributed by atoms with Gasteiger partial charge in [-0.25, -0.2) is 0 Å². The maximum Gasteiger partial charge on any atom is 0.278 e. The maximum absolute atomic E-state index is 12.9. The summed E-state index contributed by atoms with van der Waals surface area (Å²) in [6.07, 6.45) is 1.11. The first-order chi connectivity index (χ1) is 10.4. The average Bonchev–Trinajstić information content (AvgIpc) is 2.46. The van der Waals surface area contributed by atoms with Gasteiger partial charge in [0.2, 0.25) is 0 Å². The molecule has 0 bridgehead atoms. The summed E-state index contributed by atoms with van der Waals surface area (Å²) in [5.74, 6) is 0.765. The van der Waals surface area contributed by atoms with Crippen molar-refractivity contribution < 1.29 is 14.3 Å². The number of likely N-dealkylation sites (tertiary alicyclic amines) is 1. The molecule has 0 aromatic heterocycles. The van der Waals surface area contributed by atoms with Gasteiger partial charge < -0.3 is 15.0 Å². The number of rotatable bonds is 1. The summed E-state index contributed by atoms with van der Waals surface area (Å²) < 4.78 is 5.81. The fourth-order valence-electron chi connectivity index (χ4n) is 3.44. The predicted octanol–water partition coefficient (Wildman–Crippen LogP) is 2.28. The number of ether oxygens (including phenoxy) is 1. The minimum Gasteiger partial charge on any atom is -0.466 e. The fraction of sp³-hybridized carbons (Fsp3) is 0.529. The van der Waals surface area contributed by atoms with E-state index in [4.69, 9.17) is 4.74 Å². The van der Waals surface area contributed by atoms with Crippen molar-refractivity contribution in [1.29, 1.82) is 0 Å². The van der Waals surface area contributed by atoms with E-state index in [9.17, 15) is 9.59 Å². The lowest BCUT2D eigenvalue weighted by Crippen LogP contribution is -2.61. The Labute approximate surface area is 130 Å². The van der Waals surface area contributed by atoms with Crippen LogP contribution < -0.4 is 10.1 Å². The molecule has 5 nitrogen and oxygen atoms in total. The highest BCUT2D eigenvalue weighted by Gasteiger charge is 2.50. The summed E-state index contributed by atoms with van der Waals surface area (Å²) in [7, 11) is 0. The van der Waals surface area contributed by atoms with Crippen LogP contribution in [-0.2, 0) is 9.59 Å². The number of piperidine rings is 1. The van der Waals surface area contributed by atoms with Crippen LogP contribution in [0.15, 0.2) is 24.3 Å². The Morgan fingerprint density at radius 3 is 2.59 bits per heavy atom. The maximum atomic E-state index is 12.9. The number of hydrogen-bond acceptors (Lipinski definition) is 3. The van der Waals surface area contributed by atoms with Crippen molar-refractivity contribution in [2.24, 2.45) is 11.8 Å². The van der Waals surface area contributed by atoms with E-state index in [2.05, 4.69) is 19.2 Å². The van der Waals surface area contributed by atoms with Gasteiger partial charge in [0, 0.05) is 13.1 Å². The number of anilines is 1. The van der Waals surface area contributed by atoms with E-state index in [0.29, 0.717) is 36.4 Å². The lowest BCUT2D eigenvalue weighted by atomic mass is 9.90. The molecule has 1 aromatic carbocycles. The molecule has 1 N–H and O–H groups in total. The van der Waals surface area contributed by atoms with Gasteiger partial charge in [0.15, 0.2) is 0 Å². The smallest absolute Gasteiger partial charge is 0.278 e. The molecule has 5 heteroatoms. The lowest BCUT2D eigenvalue weighted by molar-refractivity contribution is -0.156. The second-order valence-electron chi connectivity index (χ2n) is 6.74. The zero-order chi connectivity index (χ0) is 15.9. The highest BCUT2D eigenvalue weighted by Crippen LogP contribution is 2.35. The lowest BCUT2D eigenvalue weighted by Gasteiger charge is -2.41. The molecule has 2 aliphatic heterocycles. The Kier molecular flexibility index (Phi) is 3.59. The second kappa shape index (κ2) is 5.30. The monoisotopic (exact) mass is 302 g/mol. The molecular formula is C17H22N2O3.